The van der Waals surface area contributed by atoms with E-state index in [0.717, 1.165) is 16.5 Å². The summed E-state index contributed by atoms with van der Waals surface area (Å²) in [5.41, 5.74) is 5.65. The second-order valence-electron chi connectivity index (χ2n) is 9.28. The number of hydrazone groups is 1. The van der Waals surface area contributed by atoms with Crippen LogP contribution in [-0.2, 0) is 4.79 Å². The molecular formula is C32H22Br2ClN3O6. The van der Waals surface area contributed by atoms with Gasteiger partial charge >= 0.3 is 11.9 Å². The summed E-state index contributed by atoms with van der Waals surface area (Å²) in [5.74, 6) is -1.21. The Labute approximate surface area is 273 Å². The Kier molecular flexibility index (Phi) is 9.48. The summed E-state index contributed by atoms with van der Waals surface area (Å²) in [6.45, 7) is 1.26. The largest absolute Gasteiger partial charge is 0.493 e. The summed E-state index contributed by atoms with van der Waals surface area (Å²) in [6.07, 6.45) is 1.36. The van der Waals surface area contributed by atoms with E-state index in [-0.39, 0.29) is 22.8 Å². The van der Waals surface area contributed by atoms with Gasteiger partial charge in [-0.2, -0.15) is 5.10 Å². The molecule has 5 rings (SSSR count). The molecule has 0 aliphatic carbocycles. The van der Waals surface area contributed by atoms with Gasteiger partial charge in [0.25, 0.3) is 5.91 Å². The number of nitrogens with one attached hydrogen (secondary N) is 2. The van der Waals surface area contributed by atoms with Gasteiger partial charge in [0.05, 0.1) is 23.4 Å². The molecule has 0 saturated heterocycles. The second kappa shape index (κ2) is 13.5. The number of aromatic amines is 1. The van der Waals surface area contributed by atoms with Gasteiger partial charge in [-0.3, -0.25) is 9.59 Å². The molecule has 5 aromatic rings. The number of H-pyrrole nitrogens is 1. The highest BCUT2D eigenvalue weighted by Gasteiger charge is 2.21. The zero-order valence-electron chi connectivity index (χ0n) is 23.1. The van der Waals surface area contributed by atoms with E-state index < -0.39 is 17.8 Å². The van der Waals surface area contributed by atoms with Crippen molar-refractivity contribution < 1.29 is 28.6 Å². The van der Waals surface area contributed by atoms with Crippen molar-refractivity contribution in [2.75, 3.05) is 7.11 Å². The summed E-state index contributed by atoms with van der Waals surface area (Å²) in [4.78, 5) is 41.0. The fourth-order valence-electron chi connectivity index (χ4n) is 4.42. The molecule has 1 heterocycles. The normalized spacial score (nSPS) is 11.0. The van der Waals surface area contributed by atoms with E-state index >= 15 is 0 Å². The van der Waals surface area contributed by atoms with Crippen LogP contribution in [0.15, 0.2) is 92.9 Å². The molecule has 1 amide bonds. The quantitative estimate of drug-likeness (QED) is 0.0723. The topological polar surface area (TPSA) is 119 Å². The molecule has 12 heteroatoms. The Morgan fingerprint density at radius 3 is 2.43 bits per heavy atom. The van der Waals surface area contributed by atoms with Gasteiger partial charge in [0.2, 0.25) is 0 Å². The highest BCUT2D eigenvalue weighted by Crippen LogP contribution is 2.35. The lowest BCUT2D eigenvalue weighted by Gasteiger charge is -2.12. The minimum absolute atomic E-state index is 0.149. The van der Waals surface area contributed by atoms with E-state index in [1.165, 1.54) is 38.4 Å². The molecule has 222 valence electrons. The maximum Gasteiger partial charge on any atom is 0.343 e. The highest BCUT2D eigenvalue weighted by atomic mass is 79.9. The summed E-state index contributed by atoms with van der Waals surface area (Å²) in [6, 6.07) is 22.5. The maximum atomic E-state index is 13.4. The molecule has 1 aromatic heterocycles. The van der Waals surface area contributed by atoms with Crippen molar-refractivity contribution in [3.63, 3.8) is 0 Å². The molecule has 0 atom stereocenters. The number of methoxy groups -OCH3 is 1. The molecule has 0 saturated carbocycles. The van der Waals surface area contributed by atoms with Crippen LogP contribution in [0.3, 0.4) is 0 Å². The van der Waals surface area contributed by atoms with Crippen molar-refractivity contribution in [1.82, 2.24) is 10.4 Å². The Hall–Kier alpha value is -4.45. The van der Waals surface area contributed by atoms with E-state index in [9.17, 15) is 14.4 Å². The molecule has 0 aliphatic heterocycles. The van der Waals surface area contributed by atoms with Crippen LogP contribution in [0.25, 0.3) is 22.0 Å². The van der Waals surface area contributed by atoms with E-state index in [2.05, 4.69) is 47.4 Å². The number of fused-ring (bicyclic) bond motifs is 1. The van der Waals surface area contributed by atoms with Crippen LogP contribution < -0.4 is 19.6 Å². The van der Waals surface area contributed by atoms with Gasteiger partial charge in [0.1, 0.15) is 5.69 Å². The lowest BCUT2D eigenvalue weighted by atomic mass is 10.0. The van der Waals surface area contributed by atoms with E-state index in [1.54, 1.807) is 24.3 Å². The predicted molar refractivity (Wildman–Crippen MR) is 175 cm³/mol. The molecule has 0 radical (unpaired) electrons. The van der Waals surface area contributed by atoms with Crippen LogP contribution in [0.2, 0.25) is 5.02 Å². The number of benzene rings is 4. The van der Waals surface area contributed by atoms with Gasteiger partial charge in [-0.25, -0.2) is 10.2 Å². The first-order valence-electron chi connectivity index (χ1n) is 12.9. The molecule has 0 bridgehead atoms. The summed E-state index contributed by atoms with van der Waals surface area (Å²) in [5, 5.41) is 5.49. The van der Waals surface area contributed by atoms with Crippen LogP contribution in [0, 0.1) is 0 Å². The first kappa shape index (κ1) is 31.0. The third-order valence-electron chi connectivity index (χ3n) is 6.30. The molecule has 0 aliphatic rings. The first-order chi connectivity index (χ1) is 21.1. The molecule has 0 spiro atoms. The Morgan fingerprint density at radius 2 is 1.70 bits per heavy atom. The Bertz CT molecular complexity index is 1940. The number of amides is 1. The number of rotatable bonds is 8. The monoisotopic (exact) mass is 737 g/mol. The fraction of sp³-hybridized carbons (Fsp3) is 0.0625. The number of halogens is 3. The predicted octanol–water partition coefficient (Wildman–Crippen LogP) is 7.93. The molecule has 0 unspecified atom stereocenters. The molecule has 2 N–H and O–H groups in total. The van der Waals surface area contributed by atoms with Crippen LogP contribution in [0.4, 0.5) is 0 Å². The number of hydrogen-bond acceptors (Lipinski definition) is 7. The minimum atomic E-state index is -0.705. The third-order valence-corrected chi connectivity index (χ3v) is 7.59. The molecular weight excluding hydrogens is 718 g/mol. The van der Waals surface area contributed by atoms with Crippen LogP contribution in [-0.4, -0.2) is 36.2 Å². The van der Waals surface area contributed by atoms with Gasteiger partial charge in [-0.05, 0) is 70.0 Å². The zero-order chi connectivity index (χ0) is 31.4. The summed E-state index contributed by atoms with van der Waals surface area (Å²) in [7, 11) is 1.39. The fourth-order valence-corrected chi connectivity index (χ4v) is 5.94. The van der Waals surface area contributed by atoms with Gasteiger partial charge in [-0.1, -0.05) is 57.9 Å². The minimum Gasteiger partial charge on any atom is -0.493 e. The number of ether oxygens (including phenoxy) is 3. The molecule has 4 aromatic carbocycles. The average Bonchev–Trinajstić information content (AvgIpc) is 3.37. The van der Waals surface area contributed by atoms with E-state index in [0.29, 0.717) is 30.8 Å². The van der Waals surface area contributed by atoms with Crippen molar-refractivity contribution >= 4 is 78.4 Å². The van der Waals surface area contributed by atoms with Gasteiger partial charge in [0, 0.05) is 38.4 Å². The van der Waals surface area contributed by atoms with Gasteiger partial charge in [0.15, 0.2) is 17.2 Å². The number of nitrogens with zero attached hydrogens (tertiary/aromatic N) is 1. The number of carbonyl (C=O) groups is 3. The van der Waals surface area contributed by atoms with Crippen molar-refractivity contribution in [3.05, 3.63) is 110 Å². The zero-order valence-corrected chi connectivity index (χ0v) is 27.0. The number of hydrogen-bond donors (Lipinski definition) is 2. The number of aromatic nitrogens is 1. The lowest BCUT2D eigenvalue weighted by Crippen LogP contribution is -2.19. The Morgan fingerprint density at radius 1 is 0.932 bits per heavy atom. The van der Waals surface area contributed by atoms with Crippen LogP contribution in [0.1, 0.15) is 33.3 Å². The van der Waals surface area contributed by atoms with Crippen molar-refractivity contribution in [2.24, 2.45) is 5.10 Å². The number of carbonyl (C=O) groups excluding carboxylic acids is 3. The first-order valence-corrected chi connectivity index (χ1v) is 14.9. The van der Waals surface area contributed by atoms with Crippen molar-refractivity contribution in [1.29, 1.82) is 0 Å². The number of esters is 2. The molecule has 9 nitrogen and oxygen atoms in total. The lowest BCUT2D eigenvalue weighted by molar-refractivity contribution is -0.132. The SMILES string of the molecule is COc1cc(C(=O)Oc2c(Br)cc(Br)cc2C=NNC(=O)c2[nH]c3ccc(Cl)cc3c2-c2ccccc2)ccc1OC(C)=O. The van der Waals surface area contributed by atoms with Gasteiger partial charge in [-0.15, -0.1) is 0 Å². The van der Waals surface area contributed by atoms with Crippen LogP contribution >= 0.6 is 43.5 Å². The standard InChI is InChI=1S/C32H22Br2ClN3O6/c1-17(39)43-26-11-8-19(13-27(26)42-2)32(41)44-30-20(12-21(33)14-24(30)34)16-36-38-31(40)29-28(18-6-4-3-5-7-18)23-15-22(35)9-10-25(23)37-29/h3-16,37H,1-2H3,(H,38,40). The van der Waals surface area contributed by atoms with Crippen LogP contribution in [0.5, 0.6) is 17.2 Å². The van der Waals surface area contributed by atoms with E-state index in [1.807, 2.05) is 36.4 Å². The molecule has 0 fully saturated rings. The van der Waals surface area contributed by atoms with Gasteiger partial charge < -0.3 is 19.2 Å². The molecule has 44 heavy (non-hydrogen) atoms. The smallest absolute Gasteiger partial charge is 0.343 e. The maximum absolute atomic E-state index is 13.4. The highest BCUT2D eigenvalue weighted by molar-refractivity contribution is 9.11. The third kappa shape index (κ3) is 6.85. The van der Waals surface area contributed by atoms with Crippen molar-refractivity contribution in [3.8, 4) is 28.4 Å². The summed E-state index contributed by atoms with van der Waals surface area (Å²) < 4.78 is 17.2. The van der Waals surface area contributed by atoms with E-state index in [4.69, 9.17) is 25.8 Å². The average molecular weight is 740 g/mol. The summed E-state index contributed by atoms with van der Waals surface area (Å²) >= 11 is 13.1. The second-order valence-corrected chi connectivity index (χ2v) is 11.5. The van der Waals surface area contributed by atoms with Crippen molar-refractivity contribution in [2.45, 2.75) is 6.92 Å². The Balaban J connectivity index is 1.41.